The molecule has 3 heterocycles. The Morgan fingerprint density at radius 2 is 1.96 bits per heavy atom. The van der Waals surface area contributed by atoms with Crippen molar-refractivity contribution in [1.29, 1.82) is 0 Å². The first-order valence-electron chi connectivity index (χ1n) is 8.92. The molecular formula is C19H20N6O3. The van der Waals surface area contributed by atoms with Gasteiger partial charge in [-0.2, -0.15) is 10.1 Å². The van der Waals surface area contributed by atoms with Crippen LogP contribution in [0.3, 0.4) is 0 Å². The Balaban J connectivity index is 1.42. The van der Waals surface area contributed by atoms with Gasteiger partial charge in [-0.3, -0.25) is 4.79 Å². The minimum Gasteiger partial charge on any atom is -0.495 e. The van der Waals surface area contributed by atoms with Crippen molar-refractivity contribution < 1.29 is 13.9 Å². The molecule has 0 aliphatic carbocycles. The molecule has 4 rings (SSSR count). The molecule has 144 valence electrons. The number of rotatable bonds is 5. The Hall–Kier alpha value is -3.62. The van der Waals surface area contributed by atoms with Crippen molar-refractivity contribution in [2.45, 2.75) is 0 Å². The van der Waals surface area contributed by atoms with Crippen LogP contribution in [0.2, 0.25) is 0 Å². The second-order valence-electron chi connectivity index (χ2n) is 6.22. The van der Waals surface area contributed by atoms with E-state index in [1.54, 1.807) is 30.3 Å². The van der Waals surface area contributed by atoms with Gasteiger partial charge in [0.15, 0.2) is 11.6 Å². The van der Waals surface area contributed by atoms with Crippen LogP contribution in [0.25, 0.3) is 0 Å². The number of methoxy groups -OCH3 is 1. The van der Waals surface area contributed by atoms with Gasteiger partial charge in [-0.25, -0.2) is 0 Å². The number of aromatic nitrogens is 3. The number of furan rings is 1. The van der Waals surface area contributed by atoms with E-state index in [0.717, 1.165) is 5.69 Å². The maximum absolute atomic E-state index is 12.4. The Bertz CT molecular complexity index is 938. The summed E-state index contributed by atoms with van der Waals surface area (Å²) in [6.45, 7) is 2.36. The molecule has 1 aliphatic heterocycles. The van der Waals surface area contributed by atoms with Crippen molar-refractivity contribution in [3.05, 3.63) is 54.6 Å². The topological polar surface area (TPSA) is 96.6 Å². The summed E-state index contributed by atoms with van der Waals surface area (Å²) in [5.41, 5.74) is 0.797. The Morgan fingerprint density at radius 1 is 1.14 bits per heavy atom. The zero-order valence-electron chi connectivity index (χ0n) is 15.4. The van der Waals surface area contributed by atoms with Crippen molar-refractivity contribution in [3.63, 3.8) is 0 Å². The molecule has 0 spiro atoms. The lowest BCUT2D eigenvalue weighted by atomic mass is 10.3. The molecule has 3 aromatic rings. The number of anilines is 3. The highest BCUT2D eigenvalue weighted by Gasteiger charge is 2.25. The summed E-state index contributed by atoms with van der Waals surface area (Å²) in [6, 6.07) is 11.0. The number of nitrogens with one attached hydrogen (secondary N) is 1. The zero-order valence-corrected chi connectivity index (χ0v) is 15.4. The van der Waals surface area contributed by atoms with Gasteiger partial charge in [-0.05, 0) is 24.3 Å². The van der Waals surface area contributed by atoms with E-state index < -0.39 is 0 Å². The molecule has 0 saturated carbocycles. The molecule has 1 saturated heterocycles. The summed E-state index contributed by atoms with van der Waals surface area (Å²) < 4.78 is 10.5. The van der Waals surface area contributed by atoms with Crippen molar-refractivity contribution in [2.75, 3.05) is 43.5 Å². The van der Waals surface area contributed by atoms with Gasteiger partial charge in [-0.1, -0.05) is 12.1 Å². The number of amides is 1. The van der Waals surface area contributed by atoms with Crippen LogP contribution in [-0.2, 0) is 0 Å². The highest BCUT2D eigenvalue weighted by molar-refractivity contribution is 5.91. The van der Waals surface area contributed by atoms with Gasteiger partial charge in [0.2, 0.25) is 5.95 Å². The normalized spacial score (nSPS) is 14.0. The molecule has 1 aromatic carbocycles. The van der Waals surface area contributed by atoms with Crippen LogP contribution < -0.4 is 15.0 Å². The standard InChI is InChI=1S/C19H20N6O3/c1-27-15-6-3-2-5-14(15)21-17-13-20-23-19(22-17)25-10-8-24(9-11-25)18(26)16-7-4-12-28-16/h2-7,12-13H,8-11H2,1H3,(H,21,22,23). The Kier molecular flexibility index (Phi) is 5.05. The molecule has 1 amide bonds. The number of benzene rings is 1. The molecule has 2 aromatic heterocycles. The van der Waals surface area contributed by atoms with Gasteiger partial charge in [0.25, 0.3) is 5.91 Å². The minimum atomic E-state index is -0.102. The van der Waals surface area contributed by atoms with E-state index in [1.165, 1.54) is 6.26 Å². The van der Waals surface area contributed by atoms with E-state index in [1.807, 2.05) is 29.2 Å². The number of hydrogen-bond acceptors (Lipinski definition) is 8. The van der Waals surface area contributed by atoms with Crippen molar-refractivity contribution in [3.8, 4) is 5.75 Å². The number of carbonyl (C=O) groups is 1. The molecule has 9 heteroatoms. The average Bonchev–Trinajstić information content (AvgIpc) is 3.29. The monoisotopic (exact) mass is 380 g/mol. The van der Waals surface area contributed by atoms with Crippen LogP contribution in [0.15, 0.2) is 53.3 Å². The van der Waals surface area contributed by atoms with Gasteiger partial charge < -0.3 is 24.3 Å². The van der Waals surface area contributed by atoms with Crippen molar-refractivity contribution in [2.24, 2.45) is 0 Å². The van der Waals surface area contributed by atoms with E-state index in [-0.39, 0.29) is 5.91 Å². The van der Waals surface area contributed by atoms with Crippen molar-refractivity contribution >= 4 is 23.4 Å². The number of para-hydroxylation sites is 2. The van der Waals surface area contributed by atoms with Crippen LogP contribution in [0.5, 0.6) is 5.75 Å². The molecule has 0 bridgehead atoms. The number of piperazine rings is 1. The molecule has 28 heavy (non-hydrogen) atoms. The van der Waals surface area contributed by atoms with E-state index in [0.29, 0.717) is 49.5 Å². The molecule has 0 unspecified atom stereocenters. The maximum Gasteiger partial charge on any atom is 0.289 e. The summed E-state index contributed by atoms with van der Waals surface area (Å²) in [4.78, 5) is 20.7. The van der Waals surface area contributed by atoms with Gasteiger partial charge in [0.1, 0.15) is 5.75 Å². The summed E-state index contributed by atoms with van der Waals surface area (Å²) in [5.74, 6) is 2.06. The van der Waals surface area contributed by atoms with Crippen LogP contribution in [0, 0.1) is 0 Å². The quantitative estimate of drug-likeness (QED) is 0.719. The van der Waals surface area contributed by atoms with Gasteiger partial charge in [0.05, 0.1) is 25.3 Å². The molecule has 0 radical (unpaired) electrons. The van der Waals surface area contributed by atoms with Crippen LogP contribution >= 0.6 is 0 Å². The summed E-state index contributed by atoms with van der Waals surface area (Å²) in [6.07, 6.45) is 3.07. The minimum absolute atomic E-state index is 0.102. The van der Waals surface area contributed by atoms with E-state index in [4.69, 9.17) is 9.15 Å². The molecule has 1 fully saturated rings. The first-order chi connectivity index (χ1) is 13.7. The lowest BCUT2D eigenvalue weighted by Gasteiger charge is -2.34. The SMILES string of the molecule is COc1ccccc1Nc1cnnc(N2CCN(C(=O)c3ccco3)CC2)n1. The van der Waals surface area contributed by atoms with E-state index in [2.05, 4.69) is 20.5 Å². The maximum atomic E-state index is 12.4. The highest BCUT2D eigenvalue weighted by Crippen LogP contribution is 2.26. The molecule has 0 atom stereocenters. The first-order valence-corrected chi connectivity index (χ1v) is 8.92. The van der Waals surface area contributed by atoms with E-state index in [9.17, 15) is 4.79 Å². The number of nitrogens with zero attached hydrogens (tertiary/aromatic N) is 5. The van der Waals surface area contributed by atoms with Crippen LogP contribution in [-0.4, -0.2) is 59.3 Å². The second kappa shape index (κ2) is 7.95. The lowest BCUT2D eigenvalue weighted by Crippen LogP contribution is -2.49. The number of hydrogen-bond donors (Lipinski definition) is 1. The lowest BCUT2D eigenvalue weighted by molar-refractivity contribution is 0.0714. The third-order valence-corrected chi connectivity index (χ3v) is 4.50. The Morgan fingerprint density at radius 3 is 2.71 bits per heavy atom. The summed E-state index contributed by atoms with van der Waals surface area (Å²) in [5, 5.41) is 11.4. The molecule has 9 nitrogen and oxygen atoms in total. The largest absolute Gasteiger partial charge is 0.495 e. The first kappa shape index (κ1) is 17.8. The number of carbonyl (C=O) groups excluding carboxylic acids is 1. The zero-order chi connectivity index (χ0) is 19.3. The highest BCUT2D eigenvalue weighted by atomic mass is 16.5. The van der Waals surface area contributed by atoms with E-state index >= 15 is 0 Å². The third kappa shape index (κ3) is 3.73. The fourth-order valence-corrected chi connectivity index (χ4v) is 3.04. The molecule has 1 aliphatic rings. The smallest absolute Gasteiger partial charge is 0.289 e. The third-order valence-electron chi connectivity index (χ3n) is 4.50. The fraction of sp³-hybridized carbons (Fsp3) is 0.263. The second-order valence-corrected chi connectivity index (χ2v) is 6.22. The predicted molar refractivity (Wildman–Crippen MR) is 103 cm³/mol. The predicted octanol–water partition coefficient (Wildman–Crippen LogP) is 2.18. The molecule has 1 N–H and O–H groups in total. The van der Waals surface area contributed by atoms with Gasteiger partial charge in [0, 0.05) is 26.2 Å². The molecular weight excluding hydrogens is 360 g/mol. The van der Waals surface area contributed by atoms with Crippen LogP contribution in [0.4, 0.5) is 17.5 Å². The summed E-state index contributed by atoms with van der Waals surface area (Å²) in [7, 11) is 1.62. The van der Waals surface area contributed by atoms with Gasteiger partial charge in [-0.15, -0.1) is 5.10 Å². The number of ether oxygens (including phenoxy) is 1. The summed E-state index contributed by atoms with van der Waals surface area (Å²) >= 11 is 0. The van der Waals surface area contributed by atoms with Gasteiger partial charge >= 0.3 is 0 Å². The fourth-order valence-electron chi connectivity index (χ4n) is 3.04. The van der Waals surface area contributed by atoms with Crippen molar-refractivity contribution in [1.82, 2.24) is 20.1 Å². The average molecular weight is 380 g/mol. The Labute approximate surface area is 161 Å². The van der Waals surface area contributed by atoms with Crippen LogP contribution in [0.1, 0.15) is 10.6 Å².